The van der Waals surface area contributed by atoms with Crippen molar-refractivity contribution >= 4 is 39.1 Å². The Labute approximate surface area is 126 Å². The molecule has 0 saturated heterocycles. The van der Waals surface area contributed by atoms with Crippen molar-refractivity contribution in [3.63, 3.8) is 0 Å². The highest BCUT2D eigenvalue weighted by atomic mass is 79.9. The SMILES string of the molecule is CCCC(C)NC(=O)COc1c(N)cc(Cl)cc1Br. The van der Waals surface area contributed by atoms with Crippen molar-refractivity contribution in [2.45, 2.75) is 32.7 Å². The molecule has 6 heteroatoms. The molecular weight excluding hydrogens is 332 g/mol. The van der Waals surface area contributed by atoms with Crippen molar-refractivity contribution < 1.29 is 9.53 Å². The Morgan fingerprint density at radius 3 is 2.84 bits per heavy atom. The lowest BCUT2D eigenvalue weighted by Gasteiger charge is -2.14. The summed E-state index contributed by atoms with van der Waals surface area (Å²) in [6.45, 7) is 3.97. The van der Waals surface area contributed by atoms with Gasteiger partial charge in [0.2, 0.25) is 0 Å². The van der Waals surface area contributed by atoms with Gasteiger partial charge >= 0.3 is 0 Å². The van der Waals surface area contributed by atoms with E-state index in [4.69, 9.17) is 22.1 Å². The summed E-state index contributed by atoms with van der Waals surface area (Å²) in [7, 11) is 0. The molecule has 0 aliphatic rings. The summed E-state index contributed by atoms with van der Waals surface area (Å²) >= 11 is 9.15. The maximum Gasteiger partial charge on any atom is 0.258 e. The molecule has 19 heavy (non-hydrogen) atoms. The molecule has 0 fully saturated rings. The minimum Gasteiger partial charge on any atom is -0.480 e. The standard InChI is InChI=1S/C13H18BrClN2O2/c1-3-4-8(2)17-12(18)7-19-13-10(14)5-9(15)6-11(13)16/h5-6,8H,3-4,7,16H2,1-2H3,(H,17,18). The summed E-state index contributed by atoms with van der Waals surface area (Å²) in [6, 6.07) is 3.40. The summed E-state index contributed by atoms with van der Waals surface area (Å²) in [4.78, 5) is 11.7. The average molecular weight is 350 g/mol. The number of halogens is 2. The predicted octanol–water partition coefficient (Wildman–Crippen LogP) is 3.37. The summed E-state index contributed by atoms with van der Waals surface area (Å²) < 4.78 is 6.05. The molecule has 0 aromatic heterocycles. The second-order valence-corrected chi connectivity index (χ2v) is 5.64. The molecule has 1 amide bonds. The first-order chi connectivity index (χ1) is 8.93. The van der Waals surface area contributed by atoms with E-state index in [0.717, 1.165) is 12.8 Å². The second kappa shape index (κ2) is 7.60. The molecule has 106 valence electrons. The van der Waals surface area contributed by atoms with Crippen LogP contribution in [-0.2, 0) is 4.79 Å². The topological polar surface area (TPSA) is 64.3 Å². The molecule has 1 unspecified atom stereocenters. The predicted molar refractivity (Wildman–Crippen MR) is 81.6 cm³/mol. The third kappa shape index (κ3) is 5.28. The van der Waals surface area contributed by atoms with E-state index < -0.39 is 0 Å². The Kier molecular flexibility index (Phi) is 6.45. The van der Waals surface area contributed by atoms with Crippen LogP contribution >= 0.6 is 27.5 Å². The molecule has 1 aromatic rings. The van der Waals surface area contributed by atoms with Gasteiger partial charge in [-0.1, -0.05) is 24.9 Å². The summed E-state index contributed by atoms with van der Waals surface area (Å²) in [5.74, 6) is 0.268. The van der Waals surface area contributed by atoms with Crippen molar-refractivity contribution in [1.29, 1.82) is 0 Å². The molecular formula is C13H18BrClN2O2. The number of carbonyl (C=O) groups excluding carboxylic acids is 1. The Morgan fingerprint density at radius 1 is 1.58 bits per heavy atom. The highest BCUT2D eigenvalue weighted by Gasteiger charge is 2.11. The minimum atomic E-state index is -0.165. The van der Waals surface area contributed by atoms with E-state index in [1.165, 1.54) is 0 Å². The molecule has 1 aromatic carbocycles. The maximum atomic E-state index is 11.7. The molecule has 0 heterocycles. The van der Waals surface area contributed by atoms with Crippen LogP contribution in [0.25, 0.3) is 0 Å². The largest absolute Gasteiger partial charge is 0.480 e. The number of ether oxygens (including phenoxy) is 1. The van der Waals surface area contributed by atoms with Crippen molar-refractivity contribution in [3.05, 3.63) is 21.6 Å². The molecule has 0 bridgehead atoms. The van der Waals surface area contributed by atoms with Gasteiger partial charge in [-0.2, -0.15) is 0 Å². The number of benzene rings is 1. The van der Waals surface area contributed by atoms with Gasteiger partial charge in [-0.15, -0.1) is 0 Å². The zero-order valence-electron chi connectivity index (χ0n) is 11.0. The molecule has 0 saturated carbocycles. The van der Waals surface area contributed by atoms with Crippen LogP contribution in [0.2, 0.25) is 5.02 Å². The lowest BCUT2D eigenvalue weighted by molar-refractivity contribution is -0.123. The van der Waals surface area contributed by atoms with Gasteiger partial charge in [0.05, 0.1) is 10.2 Å². The van der Waals surface area contributed by atoms with Crippen LogP contribution in [0.1, 0.15) is 26.7 Å². The first-order valence-corrected chi connectivity index (χ1v) is 7.27. The van der Waals surface area contributed by atoms with E-state index in [-0.39, 0.29) is 18.6 Å². The van der Waals surface area contributed by atoms with Crippen LogP contribution in [0.3, 0.4) is 0 Å². The number of carbonyl (C=O) groups is 1. The number of anilines is 1. The van der Waals surface area contributed by atoms with Crippen molar-refractivity contribution in [1.82, 2.24) is 5.32 Å². The Hall–Kier alpha value is -0.940. The average Bonchev–Trinajstić information content (AvgIpc) is 2.27. The highest BCUT2D eigenvalue weighted by molar-refractivity contribution is 9.10. The zero-order chi connectivity index (χ0) is 14.4. The molecule has 0 radical (unpaired) electrons. The molecule has 0 aliphatic carbocycles. The number of nitrogens with one attached hydrogen (secondary N) is 1. The van der Waals surface area contributed by atoms with Gasteiger partial charge in [-0.05, 0) is 41.4 Å². The van der Waals surface area contributed by atoms with Crippen molar-refractivity contribution in [3.8, 4) is 5.75 Å². The molecule has 1 rings (SSSR count). The van der Waals surface area contributed by atoms with Gasteiger partial charge in [0.15, 0.2) is 12.4 Å². The van der Waals surface area contributed by atoms with Crippen molar-refractivity contribution in [2.75, 3.05) is 12.3 Å². The number of amides is 1. The lowest BCUT2D eigenvalue weighted by atomic mass is 10.2. The second-order valence-electron chi connectivity index (χ2n) is 4.35. The van der Waals surface area contributed by atoms with E-state index in [2.05, 4.69) is 28.2 Å². The lowest BCUT2D eigenvalue weighted by Crippen LogP contribution is -2.36. The fraction of sp³-hybridized carbons (Fsp3) is 0.462. The summed E-state index contributed by atoms with van der Waals surface area (Å²) in [5.41, 5.74) is 6.18. The Balaban J connectivity index is 2.55. The van der Waals surface area contributed by atoms with E-state index in [9.17, 15) is 4.79 Å². The monoisotopic (exact) mass is 348 g/mol. The normalized spacial score (nSPS) is 12.0. The van der Waals surface area contributed by atoms with E-state index >= 15 is 0 Å². The Morgan fingerprint density at radius 2 is 2.26 bits per heavy atom. The summed E-state index contributed by atoms with van der Waals surface area (Å²) in [5, 5.41) is 3.37. The fourth-order valence-electron chi connectivity index (χ4n) is 1.69. The molecule has 0 spiro atoms. The summed E-state index contributed by atoms with van der Waals surface area (Å²) in [6.07, 6.45) is 1.97. The van der Waals surface area contributed by atoms with E-state index in [1.54, 1.807) is 12.1 Å². The van der Waals surface area contributed by atoms with Gasteiger partial charge < -0.3 is 15.8 Å². The van der Waals surface area contributed by atoms with Gasteiger partial charge in [0, 0.05) is 11.1 Å². The highest BCUT2D eigenvalue weighted by Crippen LogP contribution is 2.34. The molecule has 4 nitrogen and oxygen atoms in total. The number of nitrogens with two attached hydrogens (primary N) is 1. The maximum absolute atomic E-state index is 11.7. The third-order valence-electron chi connectivity index (χ3n) is 2.51. The quantitative estimate of drug-likeness (QED) is 0.774. The molecule has 3 N–H and O–H groups in total. The number of nitrogen functional groups attached to an aromatic ring is 1. The molecule has 1 atom stereocenters. The zero-order valence-corrected chi connectivity index (χ0v) is 13.3. The molecule has 0 aliphatic heterocycles. The third-order valence-corrected chi connectivity index (χ3v) is 3.32. The van der Waals surface area contributed by atoms with Crippen molar-refractivity contribution in [2.24, 2.45) is 0 Å². The Bertz CT molecular complexity index is 431. The minimum absolute atomic E-state index is 0.0709. The van der Waals surface area contributed by atoms with Crippen LogP contribution in [0.4, 0.5) is 5.69 Å². The fourth-order valence-corrected chi connectivity index (χ4v) is 2.64. The van der Waals surface area contributed by atoms with Crippen LogP contribution in [-0.4, -0.2) is 18.6 Å². The van der Waals surface area contributed by atoms with Crippen LogP contribution < -0.4 is 15.8 Å². The van der Waals surface area contributed by atoms with Crippen LogP contribution in [0, 0.1) is 0 Å². The number of hydrogen-bond acceptors (Lipinski definition) is 3. The first-order valence-electron chi connectivity index (χ1n) is 6.10. The van der Waals surface area contributed by atoms with Gasteiger partial charge in [-0.3, -0.25) is 4.79 Å². The van der Waals surface area contributed by atoms with Crippen LogP contribution in [0.5, 0.6) is 5.75 Å². The van der Waals surface area contributed by atoms with E-state index in [1.807, 2.05) is 6.92 Å². The smallest absolute Gasteiger partial charge is 0.258 e. The first kappa shape index (κ1) is 16.1. The van der Waals surface area contributed by atoms with Gasteiger partial charge in [0.25, 0.3) is 5.91 Å². The number of hydrogen-bond donors (Lipinski definition) is 2. The van der Waals surface area contributed by atoms with E-state index in [0.29, 0.717) is 20.9 Å². The van der Waals surface area contributed by atoms with Gasteiger partial charge in [-0.25, -0.2) is 0 Å². The van der Waals surface area contributed by atoms with Crippen LogP contribution in [0.15, 0.2) is 16.6 Å². The van der Waals surface area contributed by atoms with Gasteiger partial charge in [0.1, 0.15) is 0 Å². The number of rotatable bonds is 6.